The van der Waals surface area contributed by atoms with Crippen molar-refractivity contribution >= 4 is 19.5 Å². The van der Waals surface area contributed by atoms with Gasteiger partial charge >= 0.3 is 25.0 Å². The fourth-order valence-electron chi connectivity index (χ4n) is 2.12. The van der Waals surface area contributed by atoms with Crippen LogP contribution in [0.1, 0.15) is 24.2 Å². The number of esters is 1. The van der Waals surface area contributed by atoms with E-state index < -0.39 is 44.1 Å². The second-order valence-electron chi connectivity index (χ2n) is 4.85. The summed E-state index contributed by atoms with van der Waals surface area (Å²) >= 11 is 0. The van der Waals surface area contributed by atoms with E-state index in [2.05, 4.69) is 4.74 Å². The van der Waals surface area contributed by atoms with Gasteiger partial charge in [0.25, 0.3) is 5.91 Å². The van der Waals surface area contributed by atoms with Gasteiger partial charge in [-0.05, 0) is 26.0 Å². The van der Waals surface area contributed by atoms with E-state index in [0.717, 1.165) is 0 Å². The van der Waals surface area contributed by atoms with Crippen LogP contribution in [0, 0.1) is 0 Å². The maximum atomic E-state index is 14.0. The summed E-state index contributed by atoms with van der Waals surface area (Å²) < 4.78 is 68.6. The molecule has 0 saturated carbocycles. The van der Waals surface area contributed by atoms with Gasteiger partial charge in [-0.15, -0.1) is 0 Å². The van der Waals surface area contributed by atoms with Gasteiger partial charge in [0, 0.05) is 5.56 Å². The molecule has 146 valence electrons. The van der Waals surface area contributed by atoms with Gasteiger partial charge in [-0.3, -0.25) is 9.36 Å². The normalized spacial score (nSPS) is 14.4. The van der Waals surface area contributed by atoms with E-state index in [4.69, 9.17) is 9.05 Å². The van der Waals surface area contributed by atoms with Gasteiger partial charge in [-0.2, -0.15) is 13.2 Å². The molecule has 0 aliphatic carbocycles. The summed E-state index contributed by atoms with van der Waals surface area (Å²) in [5.41, 5.74) is -0.190. The lowest BCUT2D eigenvalue weighted by Gasteiger charge is -2.37. The molecule has 1 atom stereocenters. The molecule has 0 unspecified atom stereocenters. The van der Waals surface area contributed by atoms with Gasteiger partial charge in [-0.25, -0.2) is 4.79 Å². The van der Waals surface area contributed by atoms with E-state index in [1.165, 1.54) is 43.4 Å². The Hall–Kier alpha value is -1.90. The SMILES string of the molecule is CCOP(=O)(OCC)[C@](NC(=O)c1ccccc1)(C(=O)OC)C(F)(F)F. The number of amides is 1. The number of carbonyl (C=O) groups is 2. The molecule has 1 aromatic carbocycles. The zero-order chi connectivity index (χ0) is 20.0. The number of hydrogen-bond acceptors (Lipinski definition) is 6. The summed E-state index contributed by atoms with van der Waals surface area (Å²) in [5, 5.41) is -2.52. The van der Waals surface area contributed by atoms with Crippen LogP contribution in [0.4, 0.5) is 13.2 Å². The number of halogens is 3. The first-order valence-electron chi connectivity index (χ1n) is 7.51. The first-order valence-corrected chi connectivity index (χ1v) is 9.05. The summed E-state index contributed by atoms with van der Waals surface area (Å²) in [6.45, 7) is 1.60. The largest absolute Gasteiger partial charge is 0.467 e. The van der Waals surface area contributed by atoms with E-state index in [0.29, 0.717) is 7.11 Å². The van der Waals surface area contributed by atoms with E-state index in [9.17, 15) is 27.3 Å². The number of rotatable bonds is 8. The summed E-state index contributed by atoms with van der Waals surface area (Å²) in [6, 6.07) is 6.80. The average molecular weight is 397 g/mol. The third kappa shape index (κ3) is 4.08. The van der Waals surface area contributed by atoms with Crippen LogP contribution in [0.5, 0.6) is 0 Å². The minimum absolute atomic E-state index is 0.190. The van der Waals surface area contributed by atoms with Crippen molar-refractivity contribution in [3.63, 3.8) is 0 Å². The highest BCUT2D eigenvalue weighted by molar-refractivity contribution is 7.57. The minimum Gasteiger partial charge on any atom is -0.467 e. The second kappa shape index (κ2) is 8.66. The van der Waals surface area contributed by atoms with Crippen LogP contribution in [-0.4, -0.2) is 43.7 Å². The van der Waals surface area contributed by atoms with Crippen molar-refractivity contribution in [3.05, 3.63) is 35.9 Å². The van der Waals surface area contributed by atoms with Gasteiger partial charge in [-0.1, -0.05) is 18.2 Å². The van der Waals surface area contributed by atoms with Crippen LogP contribution in [-0.2, 0) is 23.1 Å². The number of alkyl halides is 3. The molecular formula is C15H19F3NO6P. The van der Waals surface area contributed by atoms with Crippen LogP contribution < -0.4 is 5.32 Å². The van der Waals surface area contributed by atoms with E-state index >= 15 is 0 Å². The smallest absolute Gasteiger partial charge is 0.434 e. The molecule has 7 nitrogen and oxygen atoms in total. The van der Waals surface area contributed by atoms with Crippen molar-refractivity contribution in [2.45, 2.75) is 25.3 Å². The van der Waals surface area contributed by atoms with Crippen LogP contribution >= 0.6 is 7.60 Å². The second-order valence-corrected chi connectivity index (χ2v) is 7.04. The summed E-state index contributed by atoms with van der Waals surface area (Å²) in [7, 11) is -4.59. The molecule has 0 spiro atoms. The predicted molar refractivity (Wildman–Crippen MR) is 85.6 cm³/mol. The summed E-state index contributed by atoms with van der Waals surface area (Å²) in [6.07, 6.45) is -5.54. The molecule has 0 fully saturated rings. The zero-order valence-electron chi connectivity index (χ0n) is 14.3. The van der Waals surface area contributed by atoms with Gasteiger partial charge < -0.3 is 19.1 Å². The maximum Gasteiger partial charge on any atom is 0.434 e. The van der Waals surface area contributed by atoms with E-state index in [1.54, 1.807) is 6.07 Å². The Bertz CT molecular complexity index is 672. The van der Waals surface area contributed by atoms with Crippen LogP contribution in [0.25, 0.3) is 0 Å². The third-order valence-corrected chi connectivity index (χ3v) is 5.80. The Balaban J connectivity index is 3.61. The van der Waals surface area contributed by atoms with Crippen molar-refractivity contribution < 1.29 is 41.1 Å². The third-order valence-electron chi connectivity index (χ3n) is 3.23. The van der Waals surface area contributed by atoms with E-state index in [-0.39, 0.29) is 5.56 Å². The first-order chi connectivity index (χ1) is 12.1. The first kappa shape index (κ1) is 22.1. The lowest BCUT2D eigenvalue weighted by molar-refractivity contribution is -0.194. The Morgan fingerprint density at radius 3 is 1.96 bits per heavy atom. The topological polar surface area (TPSA) is 90.9 Å². The molecule has 1 aromatic rings. The lowest BCUT2D eigenvalue weighted by atomic mass is 10.2. The average Bonchev–Trinajstić information content (AvgIpc) is 2.58. The molecule has 11 heteroatoms. The molecule has 0 aliphatic rings. The molecule has 0 saturated heterocycles. The Labute approximate surface area is 148 Å². The van der Waals surface area contributed by atoms with Crippen LogP contribution in [0.15, 0.2) is 30.3 Å². The van der Waals surface area contributed by atoms with Gasteiger partial charge in [0.05, 0.1) is 20.3 Å². The Morgan fingerprint density at radius 1 is 1.08 bits per heavy atom. The molecule has 0 heterocycles. The number of benzene rings is 1. The molecule has 0 aromatic heterocycles. The molecule has 1 N–H and O–H groups in total. The molecule has 0 radical (unpaired) electrons. The lowest BCUT2D eigenvalue weighted by Crippen LogP contribution is -2.64. The molecule has 0 aliphatic heterocycles. The number of hydrogen-bond donors (Lipinski definition) is 1. The summed E-state index contributed by atoms with van der Waals surface area (Å²) in [5.74, 6) is -3.31. The zero-order valence-corrected chi connectivity index (χ0v) is 15.2. The van der Waals surface area contributed by atoms with E-state index in [1.807, 2.05) is 0 Å². The molecule has 0 bridgehead atoms. The van der Waals surface area contributed by atoms with Crippen molar-refractivity contribution in [2.75, 3.05) is 20.3 Å². The van der Waals surface area contributed by atoms with Gasteiger partial charge in [0.1, 0.15) is 0 Å². The highest BCUT2D eigenvalue weighted by atomic mass is 31.2. The highest BCUT2D eigenvalue weighted by Gasteiger charge is 2.75. The van der Waals surface area contributed by atoms with Crippen LogP contribution in [0.3, 0.4) is 0 Å². The molecular weight excluding hydrogens is 378 g/mol. The quantitative estimate of drug-likeness (QED) is 0.536. The summed E-state index contributed by atoms with van der Waals surface area (Å²) in [4.78, 5) is 24.5. The molecule has 1 rings (SSSR count). The minimum atomic E-state index is -5.54. The number of nitrogens with one attached hydrogen (secondary N) is 1. The Morgan fingerprint density at radius 2 is 1.58 bits per heavy atom. The fraction of sp³-hybridized carbons (Fsp3) is 0.467. The fourth-order valence-corrected chi connectivity index (χ4v) is 4.12. The van der Waals surface area contributed by atoms with Crippen molar-refractivity contribution in [2.24, 2.45) is 0 Å². The highest BCUT2D eigenvalue weighted by Crippen LogP contribution is 2.64. The predicted octanol–water partition coefficient (Wildman–Crippen LogP) is 3.11. The van der Waals surface area contributed by atoms with Crippen molar-refractivity contribution in [3.8, 4) is 0 Å². The monoisotopic (exact) mass is 397 g/mol. The van der Waals surface area contributed by atoms with Crippen molar-refractivity contribution in [1.82, 2.24) is 5.32 Å². The maximum absolute atomic E-state index is 14.0. The van der Waals surface area contributed by atoms with Gasteiger partial charge in [0.2, 0.25) is 0 Å². The molecule has 1 amide bonds. The number of carbonyl (C=O) groups excluding carboxylic acids is 2. The number of methoxy groups -OCH3 is 1. The van der Waals surface area contributed by atoms with Crippen LogP contribution in [0.2, 0.25) is 0 Å². The standard InChI is InChI=1S/C15H19F3NO6P/c1-4-24-26(22,25-5-2)14(13(21)23-3,15(16,17)18)19-12(20)11-9-7-6-8-10-11/h6-10H,4-5H2,1-3H3,(H,19,20)/t14-/m1/s1. The van der Waals surface area contributed by atoms with Gasteiger partial charge in [0.15, 0.2) is 0 Å². The number of ether oxygens (including phenoxy) is 1. The van der Waals surface area contributed by atoms with Crippen molar-refractivity contribution in [1.29, 1.82) is 0 Å². The Kier molecular flexibility index (Phi) is 7.37. The molecule has 26 heavy (non-hydrogen) atoms.